The molecule has 1 aliphatic rings. The highest BCUT2D eigenvalue weighted by molar-refractivity contribution is 5.82. The number of rotatable bonds is 6. The highest BCUT2D eigenvalue weighted by atomic mass is 16.6. The molecule has 1 aromatic carbocycles. The molecule has 0 fully saturated rings. The van der Waals surface area contributed by atoms with E-state index < -0.39 is 17.8 Å². The maximum atomic E-state index is 11.2. The third-order valence-electron chi connectivity index (χ3n) is 4.42. The monoisotopic (exact) mass is 384 g/mol. The fraction of sp³-hybridized carbons (Fsp3) is 0.235. The van der Waals surface area contributed by atoms with Crippen LogP contribution in [0.1, 0.15) is 18.2 Å². The van der Waals surface area contributed by atoms with Crippen LogP contribution < -0.4 is 5.32 Å². The minimum atomic E-state index is -0.579. The second kappa shape index (κ2) is 7.12. The number of nitrogens with one attached hydrogen (secondary N) is 1. The van der Waals surface area contributed by atoms with Gasteiger partial charge < -0.3 is 20.3 Å². The van der Waals surface area contributed by atoms with Gasteiger partial charge in [-0.3, -0.25) is 14.7 Å². The number of imidazole rings is 1. The summed E-state index contributed by atoms with van der Waals surface area (Å²) < 4.78 is 7.16. The van der Waals surface area contributed by atoms with E-state index in [0.29, 0.717) is 22.5 Å². The van der Waals surface area contributed by atoms with Crippen molar-refractivity contribution in [3.05, 3.63) is 64.1 Å². The average Bonchev–Trinajstić information content (AvgIpc) is 3.29. The normalized spacial score (nSPS) is 16.4. The van der Waals surface area contributed by atoms with Crippen LogP contribution in [0.25, 0.3) is 11.2 Å². The number of aliphatic hydroxyl groups is 2. The molecular weight excluding hydrogens is 368 g/mol. The molecule has 0 radical (unpaired) electrons. The van der Waals surface area contributed by atoms with Crippen molar-refractivity contribution in [1.29, 1.82) is 0 Å². The molecule has 4 rings (SSSR count). The van der Waals surface area contributed by atoms with Crippen molar-refractivity contribution in [1.82, 2.24) is 19.5 Å². The summed E-state index contributed by atoms with van der Waals surface area (Å²) in [4.78, 5) is 23.4. The van der Waals surface area contributed by atoms with Crippen LogP contribution in [0.3, 0.4) is 0 Å². The number of nitro benzene ring substituents is 1. The first-order chi connectivity index (χ1) is 13.6. The van der Waals surface area contributed by atoms with Crippen LogP contribution in [0.4, 0.5) is 11.5 Å². The molecule has 3 heterocycles. The standard InChI is InChI=1S/C17H16N6O5/c24-7-13-12(25)5-14(28-13)22-9-21-15-16(19-8-20-17(15)22)18-6-10-3-1-2-4-11(10)23(26)27/h1-4,8-9,14,24-25H,5-7H2,(H,18,19,20)/t14-/m1/s1. The van der Waals surface area contributed by atoms with Gasteiger partial charge in [0, 0.05) is 18.2 Å². The molecule has 0 unspecified atom stereocenters. The molecule has 2 aromatic heterocycles. The number of para-hydroxylation sites is 1. The molecule has 0 amide bonds. The van der Waals surface area contributed by atoms with Gasteiger partial charge in [0.25, 0.3) is 5.69 Å². The zero-order chi connectivity index (χ0) is 19.7. The number of hydrogen-bond acceptors (Lipinski definition) is 9. The summed E-state index contributed by atoms with van der Waals surface area (Å²) in [6.45, 7) is -0.209. The molecule has 3 N–H and O–H groups in total. The van der Waals surface area contributed by atoms with E-state index in [2.05, 4.69) is 20.3 Å². The zero-order valence-corrected chi connectivity index (χ0v) is 14.5. The van der Waals surface area contributed by atoms with E-state index in [1.165, 1.54) is 18.7 Å². The lowest BCUT2D eigenvalue weighted by atomic mass is 10.2. The van der Waals surface area contributed by atoms with Gasteiger partial charge in [0.1, 0.15) is 25.0 Å². The predicted molar refractivity (Wildman–Crippen MR) is 97.2 cm³/mol. The maximum absolute atomic E-state index is 11.2. The number of hydrogen-bond donors (Lipinski definition) is 3. The van der Waals surface area contributed by atoms with Gasteiger partial charge in [-0.2, -0.15) is 0 Å². The fourth-order valence-corrected chi connectivity index (χ4v) is 3.05. The molecule has 1 aliphatic heterocycles. The Morgan fingerprint density at radius 3 is 2.89 bits per heavy atom. The summed E-state index contributed by atoms with van der Waals surface area (Å²) in [5, 5.41) is 33.2. The molecular formula is C17H16N6O5. The Labute approximate surface area is 158 Å². The van der Waals surface area contributed by atoms with Gasteiger partial charge in [0.15, 0.2) is 29.0 Å². The van der Waals surface area contributed by atoms with Crippen molar-refractivity contribution < 1.29 is 19.9 Å². The number of fused-ring (bicyclic) bond motifs is 1. The third kappa shape index (κ3) is 3.07. The lowest BCUT2D eigenvalue weighted by molar-refractivity contribution is -0.385. The topological polar surface area (TPSA) is 148 Å². The lowest BCUT2D eigenvalue weighted by Gasteiger charge is -2.13. The van der Waals surface area contributed by atoms with Gasteiger partial charge in [-0.1, -0.05) is 18.2 Å². The minimum Gasteiger partial charge on any atom is -0.508 e. The lowest BCUT2D eigenvalue weighted by Crippen LogP contribution is -2.09. The first-order valence-corrected chi connectivity index (χ1v) is 8.40. The van der Waals surface area contributed by atoms with E-state index in [4.69, 9.17) is 4.74 Å². The first-order valence-electron chi connectivity index (χ1n) is 8.40. The number of anilines is 1. The fourth-order valence-electron chi connectivity index (χ4n) is 3.05. The quantitative estimate of drug-likeness (QED) is 0.428. The molecule has 0 bridgehead atoms. The highest BCUT2D eigenvalue weighted by Gasteiger charge is 2.28. The van der Waals surface area contributed by atoms with Gasteiger partial charge in [0.2, 0.25) is 0 Å². The largest absolute Gasteiger partial charge is 0.508 e. The Hall–Kier alpha value is -3.73. The van der Waals surface area contributed by atoms with Gasteiger partial charge >= 0.3 is 0 Å². The van der Waals surface area contributed by atoms with Crippen molar-refractivity contribution in [2.75, 3.05) is 11.9 Å². The summed E-state index contributed by atoms with van der Waals surface area (Å²) >= 11 is 0. The second-order valence-corrected chi connectivity index (χ2v) is 6.09. The van der Waals surface area contributed by atoms with E-state index in [1.807, 2.05) is 0 Å². The van der Waals surface area contributed by atoms with Gasteiger partial charge in [-0.15, -0.1) is 0 Å². The third-order valence-corrected chi connectivity index (χ3v) is 4.42. The molecule has 1 atom stereocenters. The Morgan fingerprint density at radius 1 is 1.32 bits per heavy atom. The predicted octanol–water partition coefficient (Wildman–Crippen LogP) is 2.03. The van der Waals surface area contributed by atoms with Crippen LogP contribution in [0, 0.1) is 10.1 Å². The molecule has 0 saturated heterocycles. The minimum absolute atomic E-state index is 0.0156. The van der Waals surface area contributed by atoms with Crippen LogP contribution >= 0.6 is 0 Å². The van der Waals surface area contributed by atoms with Gasteiger partial charge in [-0.05, 0) is 0 Å². The molecule has 0 spiro atoms. The SMILES string of the molecule is O=[N+]([O-])c1ccccc1CNc1ncnc2c1ncn2[C@H]1CC(O)=C(CO)O1. The number of nitro groups is 1. The molecule has 3 aromatic rings. The molecule has 11 heteroatoms. The smallest absolute Gasteiger partial charge is 0.274 e. The van der Waals surface area contributed by atoms with E-state index >= 15 is 0 Å². The number of aromatic nitrogens is 4. The summed E-state index contributed by atoms with van der Waals surface area (Å²) in [7, 11) is 0. The van der Waals surface area contributed by atoms with Crippen molar-refractivity contribution in [3.63, 3.8) is 0 Å². The van der Waals surface area contributed by atoms with Crippen molar-refractivity contribution in [3.8, 4) is 0 Å². The van der Waals surface area contributed by atoms with Gasteiger partial charge in [0.05, 0.1) is 11.3 Å². The van der Waals surface area contributed by atoms with E-state index in [-0.39, 0.29) is 30.2 Å². The van der Waals surface area contributed by atoms with Crippen LogP contribution in [0.5, 0.6) is 0 Å². The molecule has 0 saturated carbocycles. The van der Waals surface area contributed by atoms with Crippen LogP contribution in [0.15, 0.2) is 48.4 Å². The Morgan fingerprint density at radius 2 is 2.14 bits per heavy atom. The Balaban J connectivity index is 1.59. The molecule has 11 nitrogen and oxygen atoms in total. The summed E-state index contributed by atoms with van der Waals surface area (Å²) in [5.41, 5.74) is 1.46. The average molecular weight is 384 g/mol. The zero-order valence-electron chi connectivity index (χ0n) is 14.5. The van der Waals surface area contributed by atoms with Gasteiger partial charge in [-0.25, -0.2) is 15.0 Å². The molecule has 0 aliphatic carbocycles. The van der Waals surface area contributed by atoms with Crippen molar-refractivity contribution in [2.45, 2.75) is 19.2 Å². The number of aliphatic hydroxyl groups excluding tert-OH is 2. The Kier molecular flexibility index (Phi) is 4.49. The number of nitrogens with zero attached hydrogens (tertiary/aromatic N) is 5. The molecule has 144 valence electrons. The summed E-state index contributed by atoms with van der Waals surface area (Å²) in [6, 6.07) is 6.44. The first kappa shape index (κ1) is 17.7. The van der Waals surface area contributed by atoms with E-state index in [1.54, 1.807) is 22.8 Å². The van der Waals surface area contributed by atoms with Crippen LogP contribution in [-0.4, -0.2) is 41.3 Å². The summed E-state index contributed by atoms with van der Waals surface area (Å²) in [5.74, 6) is 0.522. The Bertz CT molecular complexity index is 1080. The summed E-state index contributed by atoms with van der Waals surface area (Å²) in [6.07, 6.45) is 2.46. The number of benzene rings is 1. The number of ether oxygens (including phenoxy) is 1. The van der Waals surface area contributed by atoms with Crippen molar-refractivity contribution >= 4 is 22.7 Å². The van der Waals surface area contributed by atoms with Crippen LogP contribution in [-0.2, 0) is 11.3 Å². The van der Waals surface area contributed by atoms with E-state index in [0.717, 1.165) is 0 Å². The molecule has 28 heavy (non-hydrogen) atoms. The van der Waals surface area contributed by atoms with Crippen LogP contribution in [0.2, 0.25) is 0 Å². The highest BCUT2D eigenvalue weighted by Crippen LogP contribution is 2.33. The van der Waals surface area contributed by atoms with Crippen molar-refractivity contribution in [2.24, 2.45) is 0 Å². The van der Waals surface area contributed by atoms with E-state index in [9.17, 15) is 20.3 Å². The maximum Gasteiger partial charge on any atom is 0.274 e. The second-order valence-electron chi connectivity index (χ2n) is 6.09.